The number of anilines is 1. The van der Waals surface area contributed by atoms with Gasteiger partial charge in [0, 0.05) is 17.0 Å². The third-order valence-corrected chi connectivity index (χ3v) is 5.10. The van der Waals surface area contributed by atoms with Gasteiger partial charge in [0.15, 0.2) is 11.5 Å². The highest BCUT2D eigenvalue weighted by Crippen LogP contribution is 2.37. The molecule has 2 N–H and O–H groups in total. The largest absolute Gasteiger partial charge is 0.493 e. The molecule has 0 bridgehead atoms. The van der Waals surface area contributed by atoms with E-state index >= 15 is 0 Å². The number of carbonyl (C=O) groups is 2. The summed E-state index contributed by atoms with van der Waals surface area (Å²) in [4.78, 5) is 26.0. The van der Waals surface area contributed by atoms with E-state index in [1.165, 1.54) is 14.2 Å². The van der Waals surface area contributed by atoms with Crippen LogP contribution < -0.4 is 20.1 Å². The van der Waals surface area contributed by atoms with Gasteiger partial charge in [-0.05, 0) is 36.4 Å². The second-order valence-corrected chi connectivity index (χ2v) is 7.04. The highest BCUT2D eigenvalue weighted by Gasteiger charge is 2.26. The van der Waals surface area contributed by atoms with E-state index in [9.17, 15) is 9.59 Å². The summed E-state index contributed by atoms with van der Waals surface area (Å²) >= 11 is 1.57. The molecule has 1 fully saturated rings. The Hall–Kier alpha value is -2.58. The van der Waals surface area contributed by atoms with Crippen LogP contribution in [0.2, 0.25) is 0 Å². The summed E-state index contributed by atoms with van der Waals surface area (Å²) in [6.45, 7) is 1.01. The molecular formula is C19H22N2O5S. The summed E-state index contributed by atoms with van der Waals surface area (Å²) in [6.07, 6.45) is 1.03. The standard InChI is InChI=1S/C19H22N2O5S/c1-24-16-10-12(18(22)20-11-13-5-4-8-27-13)9-14(17(16)25-2)21-19(23)15-6-3-7-26-15/h4-5,8-10,15H,3,6-7,11H2,1-2H3,(H,20,22)(H,21,23)/t15-/m0/s1. The Morgan fingerprint density at radius 2 is 2.15 bits per heavy atom. The summed E-state index contributed by atoms with van der Waals surface area (Å²) < 4.78 is 16.1. The lowest BCUT2D eigenvalue weighted by Crippen LogP contribution is -2.27. The minimum absolute atomic E-state index is 0.260. The summed E-state index contributed by atoms with van der Waals surface area (Å²) in [7, 11) is 2.97. The van der Waals surface area contributed by atoms with Gasteiger partial charge in [-0.15, -0.1) is 11.3 Å². The second kappa shape index (κ2) is 8.88. The number of rotatable bonds is 7. The van der Waals surface area contributed by atoms with E-state index in [4.69, 9.17) is 14.2 Å². The first-order valence-corrected chi connectivity index (χ1v) is 9.49. The molecule has 2 heterocycles. The van der Waals surface area contributed by atoms with Crippen molar-refractivity contribution in [1.29, 1.82) is 0 Å². The van der Waals surface area contributed by atoms with Crippen LogP contribution in [0.5, 0.6) is 11.5 Å². The van der Waals surface area contributed by atoms with Crippen molar-refractivity contribution in [1.82, 2.24) is 5.32 Å². The Kier molecular flexibility index (Phi) is 6.31. The van der Waals surface area contributed by atoms with Crippen LogP contribution >= 0.6 is 11.3 Å². The molecule has 0 spiro atoms. The van der Waals surface area contributed by atoms with Crippen molar-refractivity contribution in [2.75, 3.05) is 26.1 Å². The molecule has 0 saturated carbocycles. The molecule has 2 amide bonds. The number of hydrogen-bond donors (Lipinski definition) is 2. The molecule has 144 valence electrons. The van der Waals surface area contributed by atoms with Crippen LogP contribution in [-0.4, -0.2) is 38.7 Å². The van der Waals surface area contributed by atoms with Crippen molar-refractivity contribution in [3.8, 4) is 11.5 Å². The first-order valence-electron chi connectivity index (χ1n) is 8.61. The molecule has 1 atom stereocenters. The van der Waals surface area contributed by atoms with E-state index in [1.54, 1.807) is 23.5 Å². The molecule has 2 aromatic rings. The van der Waals surface area contributed by atoms with Crippen molar-refractivity contribution in [2.24, 2.45) is 0 Å². The summed E-state index contributed by atoms with van der Waals surface area (Å²) in [5.41, 5.74) is 0.741. The van der Waals surface area contributed by atoms with Crippen molar-refractivity contribution in [3.05, 3.63) is 40.1 Å². The zero-order valence-corrected chi connectivity index (χ0v) is 16.1. The fourth-order valence-corrected chi connectivity index (χ4v) is 3.51. The van der Waals surface area contributed by atoms with E-state index in [1.807, 2.05) is 17.5 Å². The molecule has 3 rings (SSSR count). The lowest BCUT2D eigenvalue weighted by atomic mass is 10.1. The molecular weight excluding hydrogens is 368 g/mol. The number of hydrogen-bond acceptors (Lipinski definition) is 6. The maximum atomic E-state index is 12.6. The molecule has 0 unspecified atom stereocenters. The predicted molar refractivity (Wildman–Crippen MR) is 103 cm³/mol. The molecule has 8 heteroatoms. The van der Waals surface area contributed by atoms with E-state index < -0.39 is 6.10 Å². The Labute approximate surface area is 161 Å². The Morgan fingerprint density at radius 3 is 2.78 bits per heavy atom. The van der Waals surface area contributed by atoms with Crippen molar-refractivity contribution >= 4 is 28.8 Å². The first-order chi connectivity index (χ1) is 13.1. The average molecular weight is 390 g/mol. The highest BCUT2D eigenvalue weighted by molar-refractivity contribution is 7.09. The predicted octanol–water partition coefficient (Wildman–Crippen LogP) is 2.81. The minimum Gasteiger partial charge on any atom is -0.493 e. The van der Waals surface area contributed by atoms with Gasteiger partial charge in [0.05, 0.1) is 26.5 Å². The van der Waals surface area contributed by atoms with Gasteiger partial charge < -0.3 is 24.8 Å². The Morgan fingerprint density at radius 1 is 1.30 bits per heavy atom. The Bertz CT molecular complexity index is 801. The Balaban J connectivity index is 1.81. The highest BCUT2D eigenvalue weighted by atomic mass is 32.1. The number of methoxy groups -OCH3 is 2. The van der Waals surface area contributed by atoms with Gasteiger partial charge in [0.1, 0.15) is 6.10 Å². The smallest absolute Gasteiger partial charge is 0.253 e. The van der Waals surface area contributed by atoms with Crippen LogP contribution in [0.1, 0.15) is 28.1 Å². The zero-order chi connectivity index (χ0) is 19.2. The molecule has 1 saturated heterocycles. The van der Waals surface area contributed by atoms with E-state index in [0.29, 0.717) is 42.3 Å². The van der Waals surface area contributed by atoms with E-state index in [-0.39, 0.29) is 11.8 Å². The minimum atomic E-state index is -0.489. The van der Waals surface area contributed by atoms with Crippen molar-refractivity contribution in [2.45, 2.75) is 25.5 Å². The van der Waals surface area contributed by atoms with Crippen LogP contribution in [0.3, 0.4) is 0 Å². The van der Waals surface area contributed by atoms with Gasteiger partial charge >= 0.3 is 0 Å². The van der Waals surface area contributed by atoms with Gasteiger partial charge in [-0.25, -0.2) is 0 Å². The fourth-order valence-electron chi connectivity index (χ4n) is 2.87. The van der Waals surface area contributed by atoms with Crippen molar-refractivity contribution in [3.63, 3.8) is 0 Å². The van der Waals surface area contributed by atoms with Gasteiger partial charge in [-0.3, -0.25) is 9.59 Å². The van der Waals surface area contributed by atoms with Crippen LogP contribution in [-0.2, 0) is 16.1 Å². The average Bonchev–Trinajstić information content (AvgIpc) is 3.39. The number of amides is 2. The van der Waals surface area contributed by atoms with Crippen molar-refractivity contribution < 1.29 is 23.8 Å². The molecule has 7 nitrogen and oxygen atoms in total. The summed E-state index contributed by atoms with van der Waals surface area (Å²) in [5, 5.41) is 7.61. The van der Waals surface area contributed by atoms with Crippen LogP contribution in [0, 0.1) is 0 Å². The van der Waals surface area contributed by atoms with E-state index in [2.05, 4.69) is 10.6 Å². The van der Waals surface area contributed by atoms with Crippen LogP contribution in [0.25, 0.3) is 0 Å². The summed E-state index contributed by atoms with van der Waals surface area (Å²) in [6, 6.07) is 7.05. The van der Waals surface area contributed by atoms with Crippen LogP contribution in [0.4, 0.5) is 5.69 Å². The number of benzene rings is 1. The SMILES string of the molecule is COc1cc(C(=O)NCc2cccs2)cc(NC(=O)[C@@H]2CCCO2)c1OC. The maximum absolute atomic E-state index is 12.6. The number of thiophene rings is 1. The molecule has 1 aliphatic rings. The number of nitrogens with one attached hydrogen (secondary N) is 2. The second-order valence-electron chi connectivity index (χ2n) is 6.01. The molecule has 1 aliphatic heterocycles. The third-order valence-electron chi connectivity index (χ3n) is 4.22. The fraction of sp³-hybridized carbons (Fsp3) is 0.368. The lowest BCUT2D eigenvalue weighted by molar-refractivity contribution is -0.124. The molecule has 1 aromatic carbocycles. The molecule has 27 heavy (non-hydrogen) atoms. The van der Waals surface area contributed by atoms with E-state index in [0.717, 1.165) is 11.3 Å². The van der Waals surface area contributed by atoms with Gasteiger partial charge in [-0.2, -0.15) is 0 Å². The quantitative estimate of drug-likeness (QED) is 0.759. The van der Waals surface area contributed by atoms with Gasteiger partial charge in [0.2, 0.25) is 0 Å². The summed E-state index contributed by atoms with van der Waals surface area (Å²) in [5.74, 6) is 0.198. The first kappa shape index (κ1) is 19.2. The number of ether oxygens (including phenoxy) is 3. The topological polar surface area (TPSA) is 85.9 Å². The number of carbonyl (C=O) groups excluding carboxylic acids is 2. The molecule has 1 aromatic heterocycles. The third kappa shape index (κ3) is 4.58. The maximum Gasteiger partial charge on any atom is 0.253 e. The zero-order valence-electron chi connectivity index (χ0n) is 15.2. The molecule has 0 aliphatic carbocycles. The van der Waals surface area contributed by atoms with Gasteiger partial charge in [0.25, 0.3) is 11.8 Å². The normalized spacial score (nSPS) is 16.0. The van der Waals surface area contributed by atoms with Crippen LogP contribution in [0.15, 0.2) is 29.6 Å². The molecule has 0 radical (unpaired) electrons. The lowest BCUT2D eigenvalue weighted by Gasteiger charge is -2.17. The van der Waals surface area contributed by atoms with Gasteiger partial charge in [-0.1, -0.05) is 6.07 Å². The monoisotopic (exact) mass is 390 g/mol.